The third-order valence-electron chi connectivity index (χ3n) is 3.73. The molecule has 0 bridgehead atoms. The monoisotopic (exact) mass is 291 g/mol. The summed E-state index contributed by atoms with van der Waals surface area (Å²) in [5.41, 5.74) is 6.40. The van der Waals surface area contributed by atoms with Crippen molar-refractivity contribution in [3.63, 3.8) is 0 Å². The van der Waals surface area contributed by atoms with Gasteiger partial charge >= 0.3 is 5.97 Å². The Kier molecular flexibility index (Phi) is 5.16. The highest BCUT2D eigenvalue weighted by Gasteiger charge is 2.17. The molecule has 0 saturated carbocycles. The van der Waals surface area contributed by atoms with E-state index < -0.39 is 5.97 Å². The fraction of sp³-hybridized carbons (Fsp3) is 0.467. The first-order valence-electron chi connectivity index (χ1n) is 7.15. The minimum atomic E-state index is -0.901. The van der Waals surface area contributed by atoms with Crippen molar-refractivity contribution in [2.45, 2.75) is 12.8 Å². The zero-order chi connectivity index (χ0) is 15.2. The van der Waals surface area contributed by atoms with Crippen LogP contribution < -0.4 is 10.6 Å². The zero-order valence-corrected chi connectivity index (χ0v) is 12.0. The topological polar surface area (TPSA) is 86.9 Å². The van der Waals surface area contributed by atoms with Gasteiger partial charge in [0.1, 0.15) is 0 Å². The predicted octanol–water partition coefficient (Wildman–Crippen LogP) is 0.772. The van der Waals surface area contributed by atoms with Crippen molar-refractivity contribution in [2.24, 2.45) is 5.73 Å². The molecule has 1 aliphatic rings. The Morgan fingerprint density at radius 2 is 1.90 bits per heavy atom. The Hall–Kier alpha value is -2.08. The van der Waals surface area contributed by atoms with Crippen molar-refractivity contribution < 1.29 is 14.7 Å². The molecular formula is C15H21N3O3. The van der Waals surface area contributed by atoms with Crippen molar-refractivity contribution in [2.75, 3.05) is 37.6 Å². The lowest BCUT2D eigenvalue weighted by molar-refractivity contribution is -0.118. The van der Waals surface area contributed by atoms with E-state index in [-0.39, 0.29) is 5.91 Å². The van der Waals surface area contributed by atoms with Crippen LogP contribution in [0.5, 0.6) is 0 Å². The van der Waals surface area contributed by atoms with Gasteiger partial charge in [-0.2, -0.15) is 0 Å². The molecule has 0 radical (unpaired) electrons. The van der Waals surface area contributed by atoms with E-state index in [1.807, 2.05) is 6.07 Å². The molecule has 1 aromatic rings. The molecule has 1 saturated heterocycles. The molecule has 1 aromatic carbocycles. The first-order chi connectivity index (χ1) is 10.1. The third kappa shape index (κ3) is 4.46. The summed E-state index contributed by atoms with van der Waals surface area (Å²) in [6, 6.07) is 7.03. The Bertz CT molecular complexity index is 511. The second-order valence-electron chi connectivity index (χ2n) is 5.25. The van der Waals surface area contributed by atoms with Gasteiger partial charge in [0, 0.05) is 38.3 Å². The molecule has 21 heavy (non-hydrogen) atoms. The number of aromatic carboxylic acids is 1. The standard InChI is InChI=1S/C15H21N3O3/c16-14(19)5-2-6-17-7-9-18(10-8-17)13-4-1-3-12(11-13)15(20)21/h1,3-4,11H,2,5-10H2,(H2,16,19)(H,20,21). The number of nitrogens with zero attached hydrogens (tertiary/aromatic N) is 2. The Morgan fingerprint density at radius 3 is 2.52 bits per heavy atom. The van der Waals surface area contributed by atoms with Gasteiger partial charge in [-0.05, 0) is 31.2 Å². The first kappa shape index (κ1) is 15.3. The minimum Gasteiger partial charge on any atom is -0.478 e. The number of benzene rings is 1. The summed E-state index contributed by atoms with van der Waals surface area (Å²) in [5, 5.41) is 9.03. The summed E-state index contributed by atoms with van der Waals surface area (Å²) >= 11 is 0. The number of primary amides is 1. The quantitative estimate of drug-likeness (QED) is 0.808. The Labute approximate surface area is 124 Å². The van der Waals surface area contributed by atoms with E-state index in [0.717, 1.165) is 44.8 Å². The van der Waals surface area contributed by atoms with E-state index in [2.05, 4.69) is 9.80 Å². The molecule has 1 fully saturated rings. The molecule has 0 aliphatic carbocycles. The first-order valence-corrected chi connectivity index (χ1v) is 7.15. The van der Waals surface area contributed by atoms with Crippen LogP contribution in [0.2, 0.25) is 0 Å². The summed E-state index contributed by atoms with van der Waals surface area (Å²) in [7, 11) is 0. The maximum Gasteiger partial charge on any atom is 0.335 e. The normalized spacial score (nSPS) is 15.9. The van der Waals surface area contributed by atoms with Gasteiger partial charge in [-0.3, -0.25) is 9.69 Å². The van der Waals surface area contributed by atoms with Gasteiger partial charge in [0.2, 0.25) is 5.91 Å². The molecule has 0 unspecified atom stereocenters. The summed E-state index contributed by atoms with van der Waals surface area (Å²) in [6.45, 7) is 4.43. The number of carbonyl (C=O) groups excluding carboxylic acids is 1. The lowest BCUT2D eigenvalue weighted by Gasteiger charge is -2.36. The molecule has 0 aromatic heterocycles. The highest BCUT2D eigenvalue weighted by atomic mass is 16.4. The highest BCUT2D eigenvalue weighted by molar-refractivity contribution is 5.88. The smallest absolute Gasteiger partial charge is 0.335 e. The zero-order valence-electron chi connectivity index (χ0n) is 12.0. The maximum atomic E-state index is 11.0. The number of piperazine rings is 1. The van der Waals surface area contributed by atoms with Crippen LogP contribution in [0.25, 0.3) is 0 Å². The maximum absolute atomic E-state index is 11.0. The molecule has 1 heterocycles. The molecule has 114 valence electrons. The van der Waals surface area contributed by atoms with Crippen molar-refractivity contribution in [3.05, 3.63) is 29.8 Å². The molecule has 1 aliphatic heterocycles. The molecule has 1 amide bonds. The predicted molar refractivity (Wildman–Crippen MR) is 80.5 cm³/mol. The number of carbonyl (C=O) groups is 2. The number of hydrogen-bond acceptors (Lipinski definition) is 4. The number of amides is 1. The van der Waals surface area contributed by atoms with Crippen LogP contribution in [0.15, 0.2) is 24.3 Å². The SMILES string of the molecule is NC(=O)CCCN1CCN(c2cccc(C(=O)O)c2)CC1. The molecular weight excluding hydrogens is 270 g/mol. The average molecular weight is 291 g/mol. The van der Waals surface area contributed by atoms with E-state index in [9.17, 15) is 9.59 Å². The molecule has 0 spiro atoms. The third-order valence-corrected chi connectivity index (χ3v) is 3.73. The van der Waals surface area contributed by atoms with E-state index in [1.165, 1.54) is 0 Å². The number of anilines is 1. The molecule has 0 atom stereocenters. The second-order valence-corrected chi connectivity index (χ2v) is 5.25. The van der Waals surface area contributed by atoms with Crippen LogP contribution in [0.4, 0.5) is 5.69 Å². The summed E-state index contributed by atoms with van der Waals surface area (Å²) in [5.74, 6) is -1.15. The lowest BCUT2D eigenvalue weighted by atomic mass is 10.1. The highest BCUT2D eigenvalue weighted by Crippen LogP contribution is 2.18. The fourth-order valence-electron chi connectivity index (χ4n) is 2.54. The number of rotatable bonds is 6. The van der Waals surface area contributed by atoms with Gasteiger partial charge in [-0.25, -0.2) is 4.79 Å². The minimum absolute atomic E-state index is 0.251. The molecule has 6 heteroatoms. The van der Waals surface area contributed by atoms with Crippen molar-refractivity contribution in [3.8, 4) is 0 Å². The number of carboxylic acids is 1. The van der Waals surface area contributed by atoms with Gasteiger partial charge < -0.3 is 15.7 Å². The fourth-order valence-corrected chi connectivity index (χ4v) is 2.54. The van der Waals surface area contributed by atoms with Crippen LogP contribution in [-0.4, -0.2) is 54.6 Å². The van der Waals surface area contributed by atoms with Crippen molar-refractivity contribution in [1.82, 2.24) is 4.90 Å². The van der Waals surface area contributed by atoms with Gasteiger partial charge in [0.25, 0.3) is 0 Å². The van der Waals surface area contributed by atoms with Crippen LogP contribution in [-0.2, 0) is 4.79 Å². The summed E-state index contributed by atoms with van der Waals surface area (Å²) in [4.78, 5) is 26.2. The van der Waals surface area contributed by atoms with E-state index in [0.29, 0.717) is 12.0 Å². The number of nitrogens with two attached hydrogens (primary N) is 1. The Morgan fingerprint density at radius 1 is 1.19 bits per heavy atom. The molecule has 2 rings (SSSR count). The second kappa shape index (κ2) is 7.08. The number of carboxylic acid groups (broad SMARTS) is 1. The average Bonchev–Trinajstić information content (AvgIpc) is 2.48. The van der Waals surface area contributed by atoms with Crippen LogP contribution in [0, 0.1) is 0 Å². The van der Waals surface area contributed by atoms with E-state index >= 15 is 0 Å². The van der Waals surface area contributed by atoms with Gasteiger partial charge in [-0.15, -0.1) is 0 Å². The van der Waals surface area contributed by atoms with Crippen LogP contribution in [0.1, 0.15) is 23.2 Å². The van der Waals surface area contributed by atoms with Gasteiger partial charge in [-0.1, -0.05) is 6.07 Å². The Balaban J connectivity index is 1.84. The van der Waals surface area contributed by atoms with Gasteiger partial charge in [0.15, 0.2) is 0 Å². The van der Waals surface area contributed by atoms with Crippen molar-refractivity contribution >= 4 is 17.6 Å². The van der Waals surface area contributed by atoms with Crippen molar-refractivity contribution in [1.29, 1.82) is 0 Å². The summed E-state index contributed by atoms with van der Waals surface area (Å²) in [6.07, 6.45) is 1.23. The lowest BCUT2D eigenvalue weighted by Crippen LogP contribution is -2.46. The van der Waals surface area contributed by atoms with E-state index in [4.69, 9.17) is 10.8 Å². The number of hydrogen-bond donors (Lipinski definition) is 2. The van der Waals surface area contributed by atoms with Crippen LogP contribution in [0.3, 0.4) is 0 Å². The summed E-state index contributed by atoms with van der Waals surface area (Å²) < 4.78 is 0. The van der Waals surface area contributed by atoms with Gasteiger partial charge in [0.05, 0.1) is 5.56 Å². The van der Waals surface area contributed by atoms with Crippen LogP contribution >= 0.6 is 0 Å². The molecule has 6 nitrogen and oxygen atoms in total. The van der Waals surface area contributed by atoms with E-state index in [1.54, 1.807) is 18.2 Å². The largest absolute Gasteiger partial charge is 0.478 e. The molecule has 3 N–H and O–H groups in total.